The first-order valence-electron chi connectivity index (χ1n) is 7.78. The SMILES string of the molecule is CCOc1ccc2[nH]c3c(c2c1)CCNC3c1ccccn1. The van der Waals surface area contributed by atoms with Gasteiger partial charge in [-0.25, -0.2) is 0 Å². The molecule has 0 aliphatic carbocycles. The molecule has 0 bridgehead atoms. The number of ether oxygens (including phenoxy) is 1. The molecule has 0 fully saturated rings. The van der Waals surface area contributed by atoms with Crippen LogP contribution in [-0.2, 0) is 6.42 Å². The largest absolute Gasteiger partial charge is 0.494 e. The Bertz CT molecular complexity index is 795. The number of pyridine rings is 1. The maximum Gasteiger partial charge on any atom is 0.120 e. The van der Waals surface area contributed by atoms with Crippen LogP contribution in [0.4, 0.5) is 0 Å². The molecule has 2 N–H and O–H groups in total. The zero-order valence-corrected chi connectivity index (χ0v) is 12.6. The van der Waals surface area contributed by atoms with E-state index in [2.05, 4.69) is 33.5 Å². The normalized spacial score (nSPS) is 17.4. The maximum absolute atomic E-state index is 5.64. The van der Waals surface area contributed by atoms with Crippen LogP contribution in [0.1, 0.15) is 29.9 Å². The van der Waals surface area contributed by atoms with Crippen LogP contribution >= 0.6 is 0 Å². The van der Waals surface area contributed by atoms with Gasteiger partial charge >= 0.3 is 0 Å². The van der Waals surface area contributed by atoms with Crippen molar-refractivity contribution in [2.45, 2.75) is 19.4 Å². The Balaban J connectivity index is 1.83. The van der Waals surface area contributed by atoms with Gasteiger partial charge in [-0.3, -0.25) is 4.98 Å². The first kappa shape index (κ1) is 13.3. The number of aromatic nitrogens is 2. The summed E-state index contributed by atoms with van der Waals surface area (Å²) in [6.45, 7) is 3.66. The van der Waals surface area contributed by atoms with Gasteiger partial charge in [-0.2, -0.15) is 0 Å². The van der Waals surface area contributed by atoms with E-state index in [1.54, 1.807) is 0 Å². The molecule has 2 aromatic heterocycles. The molecule has 0 amide bonds. The lowest BCUT2D eigenvalue weighted by atomic mass is 9.97. The molecule has 3 heterocycles. The molecule has 0 saturated heterocycles. The molecule has 4 heteroatoms. The Morgan fingerprint density at radius 2 is 2.23 bits per heavy atom. The summed E-state index contributed by atoms with van der Waals surface area (Å²) in [4.78, 5) is 8.09. The number of nitrogens with zero attached hydrogens (tertiary/aromatic N) is 1. The minimum absolute atomic E-state index is 0.132. The van der Waals surface area contributed by atoms with E-state index in [9.17, 15) is 0 Å². The van der Waals surface area contributed by atoms with Gasteiger partial charge < -0.3 is 15.0 Å². The maximum atomic E-state index is 5.64. The van der Waals surface area contributed by atoms with E-state index in [0.717, 1.165) is 29.9 Å². The Kier molecular flexibility index (Phi) is 3.31. The van der Waals surface area contributed by atoms with Crippen LogP contribution in [0, 0.1) is 0 Å². The molecule has 1 atom stereocenters. The fourth-order valence-electron chi connectivity index (χ4n) is 3.26. The highest BCUT2D eigenvalue weighted by Crippen LogP contribution is 2.34. The predicted molar refractivity (Wildman–Crippen MR) is 87.3 cm³/mol. The van der Waals surface area contributed by atoms with Crippen LogP contribution in [-0.4, -0.2) is 23.1 Å². The Morgan fingerprint density at radius 3 is 3.05 bits per heavy atom. The molecule has 0 spiro atoms. The second kappa shape index (κ2) is 5.46. The first-order chi connectivity index (χ1) is 10.9. The number of rotatable bonds is 3. The van der Waals surface area contributed by atoms with Crippen molar-refractivity contribution in [3.8, 4) is 5.75 Å². The van der Waals surface area contributed by atoms with E-state index in [1.165, 1.54) is 16.6 Å². The highest BCUT2D eigenvalue weighted by Gasteiger charge is 2.26. The Hall–Kier alpha value is -2.33. The van der Waals surface area contributed by atoms with E-state index in [1.807, 2.05) is 31.3 Å². The van der Waals surface area contributed by atoms with E-state index in [4.69, 9.17) is 4.74 Å². The Labute approximate surface area is 129 Å². The van der Waals surface area contributed by atoms with Gasteiger partial charge in [-0.05, 0) is 49.2 Å². The van der Waals surface area contributed by atoms with E-state index >= 15 is 0 Å². The van der Waals surface area contributed by atoms with Gasteiger partial charge in [-0.1, -0.05) is 6.07 Å². The van der Waals surface area contributed by atoms with Gasteiger partial charge in [0.2, 0.25) is 0 Å². The van der Waals surface area contributed by atoms with Gasteiger partial charge in [-0.15, -0.1) is 0 Å². The quantitative estimate of drug-likeness (QED) is 0.779. The fourth-order valence-corrected chi connectivity index (χ4v) is 3.26. The lowest BCUT2D eigenvalue weighted by Crippen LogP contribution is -2.30. The molecular weight excluding hydrogens is 274 g/mol. The summed E-state index contributed by atoms with van der Waals surface area (Å²) in [5, 5.41) is 4.83. The highest BCUT2D eigenvalue weighted by atomic mass is 16.5. The second-order valence-corrected chi connectivity index (χ2v) is 5.55. The summed E-state index contributed by atoms with van der Waals surface area (Å²) >= 11 is 0. The number of benzene rings is 1. The van der Waals surface area contributed by atoms with Crippen molar-refractivity contribution in [1.82, 2.24) is 15.3 Å². The number of nitrogens with one attached hydrogen (secondary N) is 2. The minimum atomic E-state index is 0.132. The average Bonchev–Trinajstić information content (AvgIpc) is 2.94. The van der Waals surface area contributed by atoms with Gasteiger partial charge in [0.15, 0.2) is 0 Å². The smallest absolute Gasteiger partial charge is 0.120 e. The molecule has 1 aromatic carbocycles. The van der Waals surface area contributed by atoms with E-state index in [0.29, 0.717) is 6.61 Å². The zero-order valence-electron chi connectivity index (χ0n) is 12.6. The number of hydrogen-bond donors (Lipinski definition) is 2. The number of H-pyrrole nitrogens is 1. The lowest BCUT2D eigenvalue weighted by molar-refractivity contribution is 0.340. The van der Waals surface area contributed by atoms with E-state index < -0.39 is 0 Å². The molecular formula is C18H19N3O. The summed E-state index contributed by atoms with van der Waals surface area (Å²) < 4.78 is 5.64. The van der Waals surface area contributed by atoms with Crippen molar-refractivity contribution in [3.63, 3.8) is 0 Å². The number of fused-ring (bicyclic) bond motifs is 3. The molecule has 4 nitrogen and oxygen atoms in total. The summed E-state index contributed by atoms with van der Waals surface area (Å²) in [7, 11) is 0. The molecule has 112 valence electrons. The highest BCUT2D eigenvalue weighted by molar-refractivity contribution is 5.86. The molecule has 1 aliphatic heterocycles. The van der Waals surface area contributed by atoms with Crippen molar-refractivity contribution in [1.29, 1.82) is 0 Å². The molecule has 22 heavy (non-hydrogen) atoms. The van der Waals surface area contributed by atoms with Crippen LogP contribution in [0.3, 0.4) is 0 Å². The molecule has 1 aliphatic rings. The molecule has 0 saturated carbocycles. The summed E-state index contributed by atoms with van der Waals surface area (Å²) in [6, 6.07) is 12.5. The van der Waals surface area contributed by atoms with Crippen LogP contribution in [0.25, 0.3) is 10.9 Å². The molecule has 1 unspecified atom stereocenters. The van der Waals surface area contributed by atoms with Crippen LogP contribution < -0.4 is 10.1 Å². The van der Waals surface area contributed by atoms with Gasteiger partial charge in [0.25, 0.3) is 0 Å². The summed E-state index contributed by atoms with van der Waals surface area (Å²) in [5.74, 6) is 0.935. The van der Waals surface area contributed by atoms with Crippen LogP contribution in [0.2, 0.25) is 0 Å². The van der Waals surface area contributed by atoms with E-state index in [-0.39, 0.29) is 6.04 Å². The average molecular weight is 293 g/mol. The fraction of sp³-hybridized carbons (Fsp3) is 0.278. The van der Waals surface area contributed by atoms with Crippen LogP contribution in [0.15, 0.2) is 42.6 Å². The Morgan fingerprint density at radius 1 is 1.27 bits per heavy atom. The monoisotopic (exact) mass is 293 g/mol. The van der Waals surface area contributed by atoms with Crippen molar-refractivity contribution in [2.75, 3.05) is 13.2 Å². The molecule has 4 rings (SSSR count). The number of hydrogen-bond acceptors (Lipinski definition) is 3. The summed E-state index contributed by atoms with van der Waals surface area (Å²) in [6.07, 6.45) is 2.87. The third-order valence-electron chi connectivity index (χ3n) is 4.22. The lowest BCUT2D eigenvalue weighted by Gasteiger charge is -2.23. The topological polar surface area (TPSA) is 49.9 Å². The third kappa shape index (κ3) is 2.16. The van der Waals surface area contributed by atoms with Crippen molar-refractivity contribution >= 4 is 10.9 Å². The minimum Gasteiger partial charge on any atom is -0.494 e. The standard InChI is InChI=1S/C18H19N3O/c1-2-22-12-6-7-15-14(11-12)13-8-10-20-18(17(13)21-15)16-5-3-4-9-19-16/h3-7,9,11,18,20-21H,2,8,10H2,1H3. The zero-order chi connectivity index (χ0) is 14.9. The van der Waals surface area contributed by atoms with Gasteiger partial charge in [0.1, 0.15) is 5.75 Å². The van der Waals surface area contributed by atoms with Crippen molar-refractivity contribution < 1.29 is 4.74 Å². The van der Waals surface area contributed by atoms with Crippen molar-refractivity contribution in [2.24, 2.45) is 0 Å². The van der Waals surface area contributed by atoms with Crippen molar-refractivity contribution in [3.05, 3.63) is 59.5 Å². The third-order valence-corrected chi connectivity index (χ3v) is 4.22. The molecule has 3 aromatic rings. The van der Waals surface area contributed by atoms with Gasteiger partial charge in [0.05, 0.1) is 18.3 Å². The first-order valence-corrected chi connectivity index (χ1v) is 7.78. The van der Waals surface area contributed by atoms with Crippen LogP contribution in [0.5, 0.6) is 5.75 Å². The predicted octanol–water partition coefficient (Wildman–Crippen LogP) is 3.20. The second-order valence-electron chi connectivity index (χ2n) is 5.55. The number of aromatic amines is 1. The molecule has 0 radical (unpaired) electrons. The van der Waals surface area contributed by atoms with Gasteiger partial charge in [0, 0.05) is 29.3 Å². The summed E-state index contributed by atoms with van der Waals surface area (Å²) in [5.41, 5.74) is 4.83.